The van der Waals surface area contributed by atoms with Gasteiger partial charge in [-0.3, -0.25) is 0 Å². The van der Waals surface area contributed by atoms with Crippen LogP contribution in [0.25, 0.3) is 10.9 Å². The monoisotopic (exact) mass is 242 g/mol. The summed E-state index contributed by atoms with van der Waals surface area (Å²) in [5.41, 5.74) is 9.73. The molecule has 0 spiro atoms. The van der Waals surface area contributed by atoms with Gasteiger partial charge in [-0.15, -0.1) is 0 Å². The highest BCUT2D eigenvalue weighted by molar-refractivity contribution is 5.84. The Balaban J connectivity index is 2.09. The summed E-state index contributed by atoms with van der Waals surface area (Å²) in [6, 6.07) is 8.21. The summed E-state index contributed by atoms with van der Waals surface area (Å²) in [5.74, 6) is 0. The van der Waals surface area contributed by atoms with E-state index in [1.807, 2.05) is 19.1 Å². The summed E-state index contributed by atoms with van der Waals surface area (Å²) in [5, 5.41) is 8.90. The van der Waals surface area contributed by atoms with E-state index in [1.54, 1.807) is 0 Å². The molecule has 0 aliphatic rings. The van der Waals surface area contributed by atoms with Crippen LogP contribution in [0.1, 0.15) is 17.0 Å². The van der Waals surface area contributed by atoms with Crippen LogP contribution in [0.2, 0.25) is 0 Å². The van der Waals surface area contributed by atoms with Crippen molar-refractivity contribution in [2.24, 2.45) is 5.73 Å². The van der Waals surface area contributed by atoms with Gasteiger partial charge in [0, 0.05) is 23.6 Å². The number of rotatable bonds is 3. The molecular weight excluding hydrogens is 228 g/mol. The quantitative estimate of drug-likeness (QED) is 0.760. The van der Waals surface area contributed by atoms with Crippen molar-refractivity contribution >= 4 is 10.9 Å². The van der Waals surface area contributed by atoms with Gasteiger partial charge < -0.3 is 10.3 Å². The molecule has 0 unspecified atom stereocenters. The largest absolute Gasteiger partial charge is 0.341 e. The Kier molecular flexibility index (Phi) is 2.60. The summed E-state index contributed by atoms with van der Waals surface area (Å²) >= 11 is 0. The lowest BCUT2D eigenvalue weighted by atomic mass is 10.2. The fourth-order valence-electron chi connectivity index (χ4n) is 2.17. The lowest BCUT2D eigenvalue weighted by Crippen LogP contribution is -2.00. The molecule has 3 rings (SSSR count). The van der Waals surface area contributed by atoms with E-state index in [0.717, 1.165) is 22.5 Å². The third-order valence-corrected chi connectivity index (χ3v) is 3.16. The highest BCUT2D eigenvalue weighted by Crippen LogP contribution is 2.22. The Bertz CT molecular complexity index is 683. The highest BCUT2D eigenvalue weighted by atomic mass is 16.6. The van der Waals surface area contributed by atoms with E-state index in [1.165, 1.54) is 5.39 Å². The van der Waals surface area contributed by atoms with E-state index in [4.69, 9.17) is 10.4 Å². The van der Waals surface area contributed by atoms with E-state index in [0.29, 0.717) is 13.1 Å². The van der Waals surface area contributed by atoms with E-state index >= 15 is 0 Å². The zero-order valence-electron chi connectivity index (χ0n) is 10.1. The molecule has 2 N–H and O–H groups in total. The Labute approximate surface area is 104 Å². The standard InChI is InChI=1S/C13H14N4O/c1-9-12(16-18-15-9)8-17-7-10(6-14)11-4-2-3-5-13(11)17/h2-5,7H,6,8,14H2,1H3. The van der Waals surface area contributed by atoms with Gasteiger partial charge >= 0.3 is 0 Å². The van der Waals surface area contributed by atoms with E-state index in [9.17, 15) is 0 Å². The lowest BCUT2D eigenvalue weighted by molar-refractivity contribution is 0.300. The SMILES string of the molecule is Cc1nonc1Cn1cc(CN)c2ccccc21. The second-order valence-electron chi connectivity index (χ2n) is 4.30. The van der Waals surface area contributed by atoms with Crippen molar-refractivity contribution in [3.05, 3.63) is 47.4 Å². The molecule has 0 atom stereocenters. The van der Waals surface area contributed by atoms with Gasteiger partial charge in [0.15, 0.2) is 0 Å². The minimum atomic E-state index is 0.531. The Morgan fingerprint density at radius 2 is 2.11 bits per heavy atom. The van der Waals surface area contributed by atoms with Gasteiger partial charge in [-0.05, 0) is 18.6 Å². The van der Waals surface area contributed by atoms with Crippen LogP contribution in [0, 0.1) is 6.92 Å². The maximum Gasteiger partial charge on any atom is 0.127 e. The third kappa shape index (κ3) is 1.69. The maximum absolute atomic E-state index is 5.77. The van der Waals surface area contributed by atoms with Gasteiger partial charge in [0.25, 0.3) is 0 Å². The van der Waals surface area contributed by atoms with Crippen molar-refractivity contribution in [3.8, 4) is 0 Å². The summed E-state index contributed by atoms with van der Waals surface area (Å²) in [4.78, 5) is 0. The molecule has 0 amide bonds. The number of hydrogen-bond donors (Lipinski definition) is 1. The molecule has 0 bridgehead atoms. The molecule has 5 nitrogen and oxygen atoms in total. The molecule has 5 heteroatoms. The number of nitrogens with two attached hydrogens (primary N) is 1. The predicted molar refractivity (Wildman–Crippen MR) is 68.0 cm³/mol. The molecule has 0 aliphatic heterocycles. The van der Waals surface area contributed by atoms with Crippen LogP contribution in [0.4, 0.5) is 0 Å². The number of benzene rings is 1. The topological polar surface area (TPSA) is 69.9 Å². The molecule has 0 radical (unpaired) electrons. The predicted octanol–water partition coefficient (Wildman–Crippen LogP) is 1.84. The Morgan fingerprint density at radius 3 is 2.83 bits per heavy atom. The minimum absolute atomic E-state index is 0.531. The second kappa shape index (κ2) is 4.27. The Hall–Kier alpha value is -2.14. The number of fused-ring (bicyclic) bond motifs is 1. The van der Waals surface area contributed by atoms with Gasteiger partial charge in [-0.2, -0.15) is 0 Å². The molecule has 1 aromatic carbocycles. The Morgan fingerprint density at radius 1 is 1.28 bits per heavy atom. The molecule has 0 aliphatic carbocycles. The van der Waals surface area contributed by atoms with Crippen LogP contribution in [0.15, 0.2) is 35.1 Å². The van der Waals surface area contributed by atoms with Crippen molar-refractivity contribution in [1.82, 2.24) is 14.9 Å². The van der Waals surface area contributed by atoms with Crippen LogP contribution >= 0.6 is 0 Å². The van der Waals surface area contributed by atoms with Gasteiger partial charge in [0.05, 0.1) is 6.54 Å². The molecule has 18 heavy (non-hydrogen) atoms. The van der Waals surface area contributed by atoms with E-state index in [2.05, 4.69) is 33.2 Å². The normalized spacial score (nSPS) is 11.2. The zero-order valence-corrected chi connectivity index (χ0v) is 10.1. The second-order valence-corrected chi connectivity index (χ2v) is 4.30. The number of nitrogens with zero attached hydrogens (tertiary/aromatic N) is 3. The molecule has 0 fully saturated rings. The number of aryl methyl sites for hydroxylation is 1. The average Bonchev–Trinajstić information content (AvgIpc) is 2.95. The average molecular weight is 242 g/mol. The van der Waals surface area contributed by atoms with Crippen molar-refractivity contribution in [2.75, 3.05) is 0 Å². The maximum atomic E-state index is 5.77. The van der Waals surface area contributed by atoms with Crippen molar-refractivity contribution in [2.45, 2.75) is 20.0 Å². The van der Waals surface area contributed by atoms with Crippen LogP contribution in [0.5, 0.6) is 0 Å². The summed E-state index contributed by atoms with van der Waals surface area (Å²) in [7, 11) is 0. The van der Waals surface area contributed by atoms with E-state index in [-0.39, 0.29) is 0 Å². The van der Waals surface area contributed by atoms with E-state index < -0.39 is 0 Å². The summed E-state index contributed by atoms with van der Waals surface area (Å²) in [6.07, 6.45) is 2.07. The molecule has 2 heterocycles. The summed E-state index contributed by atoms with van der Waals surface area (Å²) in [6.45, 7) is 3.07. The zero-order chi connectivity index (χ0) is 12.5. The van der Waals surface area contributed by atoms with Gasteiger partial charge in [-0.25, -0.2) is 4.63 Å². The lowest BCUT2D eigenvalue weighted by Gasteiger charge is -2.01. The van der Waals surface area contributed by atoms with Crippen LogP contribution in [0.3, 0.4) is 0 Å². The van der Waals surface area contributed by atoms with Gasteiger partial charge in [-0.1, -0.05) is 28.5 Å². The first-order valence-corrected chi connectivity index (χ1v) is 5.84. The third-order valence-electron chi connectivity index (χ3n) is 3.16. The van der Waals surface area contributed by atoms with Crippen LogP contribution < -0.4 is 5.73 Å². The first-order valence-electron chi connectivity index (χ1n) is 5.84. The number of aromatic nitrogens is 3. The fraction of sp³-hybridized carbons (Fsp3) is 0.231. The smallest absolute Gasteiger partial charge is 0.127 e. The first kappa shape index (κ1) is 11.0. The highest BCUT2D eigenvalue weighted by Gasteiger charge is 2.10. The van der Waals surface area contributed by atoms with Crippen molar-refractivity contribution in [3.63, 3.8) is 0 Å². The molecule has 0 saturated heterocycles. The molecule has 2 aromatic heterocycles. The number of para-hydroxylation sites is 1. The van der Waals surface area contributed by atoms with Crippen molar-refractivity contribution in [1.29, 1.82) is 0 Å². The first-order chi connectivity index (χ1) is 8.79. The minimum Gasteiger partial charge on any atom is -0.341 e. The molecule has 0 saturated carbocycles. The van der Waals surface area contributed by atoms with Crippen LogP contribution in [-0.2, 0) is 13.1 Å². The number of hydrogen-bond acceptors (Lipinski definition) is 4. The van der Waals surface area contributed by atoms with Crippen LogP contribution in [-0.4, -0.2) is 14.9 Å². The molecular formula is C13H14N4O. The molecule has 92 valence electrons. The van der Waals surface area contributed by atoms with Gasteiger partial charge in [0.1, 0.15) is 11.4 Å². The van der Waals surface area contributed by atoms with Gasteiger partial charge in [0.2, 0.25) is 0 Å². The fourth-order valence-corrected chi connectivity index (χ4v) is 2.17. The molecule has 3 aromatic rings. The summed E-state index contributed by atoms with van der Waals surface area (Å²) < 4.78 is 6.85. The van der Waals surface area contributed by atoms with Crippen molar-refractivity contribution < 1.29 is 4.63 Å².